The minimum atomic E-state index is -0.160. The quantitative estimate of drug-likeness (QED) is 0.798. The van der Waals surface area contributed by atoms with Crippen LogP contribution in [0.5, 0.6) is 10.8 Å². The van der Waals surface area contributed by atoms with Crippen molar-refractivity contribution in [3.05, 3.63) is 23.8 Å². The maximum atomic E-state index is 9.50. The van der Waals surface area contributed by atoms with Crippen LogP contribution in [0.4, 0.5) is 0 Å². The Morgan fingerprint density at radius 1 is 1.43 bits per heavy atom. The highest BCUT2D eigenvalue weighted by molar-refractivity contribution is 7.21. The first-order chi connectivity index (χ1) is 6.76. The molecule has 0 radical (unpaired) electrons. The van der Waals surface area contributed by atoms with Gasteiger partial charge in [-0.25, -0.2) is 0 Å². The molecule has 0 aliphatic carbocycles. The van der Waals surface area contributed by atoms with E-state index in [1.807, 2.05) is 12.1 Å². The van der Waals surface area contributed by atoms with Crippen molar-refractivity contribution in [2.24, 2.45) is 0 Å². The van der Waals surface area contributed by atoms with Gasteiger partial charge in [-0.05, 0) is 23.6 Å². The lowest BCUT2D eigenvalue weighted by atomic mass is 10.1. The van der Waals surface area contributed by atoms with E-state index in [4.69, 9.17) is 9.84 Å². The van der Waals surface area contributed by atoms with Crippen LogP contribution in [0.25, 0.3) is 10.1 Å². The van der Waals surface area contributed by atoms with Gasteiger partial charge in [-0.15, -0.1) is 0 Å². The van der Waals surface area contributed by atoms with E-state index in [1.165, 1.54) is 11.3 Å². The van der Waals surface area contributed by atoms with Crippen LogP contribution in [0.1, 0.15) is 5.56 Å². The molecule has 1 heterocycles. The summed E-state index contributed by atoms with van der Waals surface area (Å²) in [5.41, 5.74) is 0.566. The van der Waals surface area contributed by atoms with Crippen molar-refractivity contribution in [1.29, 1.82) is 0 Å². The van der Waals surface area contributed by atoms with Crippen LogP contribution in [0, 0.1) is 0 Å². The first kappa shape index (κ1) is 9.30. The largest absolute Gasteiger partial charge is 0.508 e. The molecule has 0 atom stereocenters. The molecular weight excluding hydrogens is 200 g/mol. The molecule has 14 heavy (non-hydrogen) atoms. The molecule has 2 rings (SSSR count). The Bertz CT molecular complexity index is 462. The molecule has 0 bridgehead atoms. The Morgan fingerprint density at radius 2 is 2.21 bits per heavy atom. The SMILES string of the molecule is COc1cc2ccc(O)c(CO)c2s1. The van der Waals surface area contributed by atoms with Gasteiger partial charge >= 0.3 is 0 Å². The van der Waals surface area contributed by atoms with Gasteiger partial charge in [0, 0.05) is 10.3 Å². The van der Waals surface area contributed by atoms with Crippen LogP contribution >= 0.6 is 11.3 Å². The zero-order valence-electron chi connectivity index (χ0n) is 7.65. The standard InChI is InChI=1S/C10H10O3S/c1-13-9-4-6-2-3-8(12)7(5-11)10(6)14-9/h2-4,11-12H,5H2,1H3. The summed E-state index contributed by atoms with van der Waals surface area (Å²) in [6.07, 6.45) is 0. The number of aliphatic hydroxyl groups excluding tert-OH is 1. The van der Waals surface area contributed by atoms with Crippen molar-refractivity contribution >= 4 is 21.4 Å². The number of thiophene rings is 1. The monoisotopic (exact) mass is 210 g/mol. The second kappa shape index (κ2) is 3.48. The lowest BCUT2D eigenvalue weighted by Gasteiger charge is -2.00. The van der Waals surface area contributed by atoms with Crippen LogP contribution in [-0.4, -0.2) is 17.3 Å². The maximum absolute atomic E-state index is 9.50. The predicted molar refractivity (Wildman–Crippen MR) is 56.0 cm³/mol. The minimum Gasteiger partial charge on any atom is -0.508 e. The summed E-state index contributed by atoms with van der Waals surface area (Å²) >= 11 is 1.42. The fraction of sp³-hybridized carbons (Fsp3) is 0.200. The van der Waals surface area contributed by atoms with E-state index in [0.717, 1.165) is 15.1 Å². The zero-order chi connectivity index (χ0) is 10.1. The number of aromatic hydroxyl groups is 1. The molecule has 1 aromatic carbocycles. The number of rotatable bonds is 2. The van der Waals surface area contributed by atoms with Gasteiger partial charge in [0.1, 0.15) is 5.75 Å². The Kier molecular flexibility index (Phi) is 2.31. The normalized spacial score (nSPS) is 10.7. The van der Waals surface area contributed by atoms with Gasteiger partial charge in [0.05, 0.1) is 13.7 Å². The molecule has 0 fully saturated rings. The topological polar surface area (TPSA) is 49.7 Å². The van der Waals surface area contributed by atoms with Crippen molar-refractivity contribution in [1.82, 2.24) is 0 Å². The van der Waals surface area contributed by atoms with Gasteiger partial charge in [-0.2, -0.15) is 0 Å². The number of methoxy groups -OCH3 is 1. The molecular formula is C10H10O3S. The van der Waals surface area contributed by atoms with Crippen LogP contribution < -0.4 is 4.74 Å². The molecule has 0 spiro atoms. The Labute approximate surface area is 85.2 Å². The second-order valence-corrected chi connectivity index (χ2v) is 3.92. The molecule has 0 unspecified atom stereocenters. The van der Waals surface area contributed by atoms with E-state index < -0.39 is 0 Å². The first-order valence-corrected chi connectivity index (χ1v) is 4.97. The molecule has 2 aromatic rings. The molecule has 1 aromatic heterocycles. The number of hydrogen-bond acceptors (Lipinski definition) is 4. The van der Waals surface area contributed by atoms with Crippen molar-refractivity contribution in [3.63, 3.8) is 0 Å². The summed E-state index contributed by atoms with van der Waals surface area (Å²) in [4.78, 5) is 0. The van der Waals surface area contributed by atoms with Crippen molar-refractivity contribution < 1.29 is 14.9 Å². The summed E-state index contributed by atoms with van der Waals surface area (Å²) in [5, 5.41) is 20.4. The second-order valence-electron chi connectivity index (χ2n) is 2.91. The average molecular weight is 210 g/mol. The predicted octanol–water partition coefficient (Wildman–Crippen LogP) is 2.11. The summed E-state index contributed by atoms with van der Waals surface area (Å²) < 4.78 is 5.97. The van der Waals surface area contributed by atoms with Crippen LogP contribution in [0.2, 0.25) is 0 Å². The van der Waals surface area contributed by atoms with E-state index >= 15 is 0 Å². The number of fused-ring (bicyclic) bond motifs is 1. The third-order valence-corrected chi connectivity index (χ3v) is 3.27. The van der Waals surface area contributed by atoms with Gasteiger partial charge in [-0.1, -0.05) is 11.3 Å². The van der Waals surface area contributed by atoms with Gasteiger partial charge in [0.25, 0.3) is 0 Å². The number of phenols is 1. The highest BCUT2D eigenvalue weighted by atomic mass is 32.1. The zero-order valence-corrected chi connectivity index (χ0v) is 8.47. The fourth-order valence-electron chi connectivity index (χ4n) is 1.38. The van der Waals surface area contributed by atoms with Crippen molar-refractivity contribution in [3.8, 4) is 10.8 Å². The van der Waals surface area contributed by atoms with Crippen LogP contribution in [-0.2, 0) is 6.61 Å². The Hall–Kier alpha value is -1.26. The lowest BCUT2D eigenvalue weighted by molar-refractivity contribution is 0.277. The molecule has 0 saturated carbocycles. The smallest absolute Gasteiger partial charge is 0.174 e. The molecule has 0 saturated heterocycles. The Balaban J connectivity index is 2.73. The highest BCUT2D eigenvalue weighted by Crippen LogP contribution is 2.37. The third kappa shape index (κ3) is 1.32. The van der Waals surface area contributed by atoms with Gasteiger partial charge in [0.2, 0.25) is 0 Å². The van der Waals surface area contributed by atoms with E-state index in [0.29, 0.717) is 5.56 Å². The maximum Gasteiger partial charge on any atom is 0.174 e. The number of benzene rings is 1. The minimum absolute atomic E-state index is 0.129. The lowest BCUT2D eigenvalue weighted by Crippen LogP contribution is -1.83. The van der Waals surface area contributed by atoms with Crippen molar-refractivity contribution in [2.45, 2.75) is 6.61 Å². The van der Waals surface area contributed by atoms with E-state index in [2.05, 4.69) is 0 Å². The molecule has 74 valence electrons. The molecule has 0 aliphatic rings. The van der Waals surface area contributed by atoms with E-state index in [-0.39, 0.29) is 12.4 Å². The number of hydrogen-bond donors (Lipinski definition) is 2. The van der Waals surface area contributed by atoms with E-state index in [1.54, 1.807) is 13.2 Å². The molecule has 3 nitrogen and oxygen atoms in total. The van der Waals surface area contributed by atoms with Gasteiger partial charge in [0.15, 0.2) is 5.06 Å². The highest BCUT2D eigenvalue weighted by Gasteiger charge is 2.09. The van der Waals surface area contributed by atoms with E-state index in [9.17, 15) is 5.11 Å². The van der Waals surface area contributed by atoms with Gasteiger partial charge in [-0.3, -0.25) is 0 Å². The third-order valence-electron chi connectivity index (χ3n) is 2.10. The molecule has 0 amide bonds. The van der Waals surface area contributed by atoms with Gasteiger partial charge < -0.3 is 14.9 Å². The molecule has 4 heteroatoms. The summed E-state index contributed by atoms with van der Waals surface area (Å²) in [5.74, 6) is 0.129. The Morgan fingerprint density at radius 3 is 2.86 bits per heavy atom. The van der Waals surface area contributed by atoms with Crippen molar-refractivity contribution in [2.75, 3.05) is 7.11 Å². The summed E-state index contributed by atoms with van der Waals surface area (Å²) in [6, 6.07) is 5.28. The van der Waals surface area contributed by atoms with Crippen LogP contribution in [0.15, 0.2) is 18.2 Å². The van der Waals surface area contributed by atoms with Crippen LogP contribution in [0.3, 0.4) is 0 Å². The number of ether oxygens (including phenoxy) is 1. The summed E-state index contributed by atoms with van der Waals surface area (Å²) in [7, 11) is 1.60. The summed E-state index contributed by atoms with van der Waals surface area (Å²) in [6.45, 7) is -0.160. The first-order valence-electron chi connectivity index (χ1n) is 4.15. The molecule has 2 N–H and O–H groups in total. The fourth-order valence-corrected chi connectivity index (χ4v) is 2.39. The average Bonchev–Trinajstić information content (AvgIpc) is 2.60. The number of aliphatic hydroxyl groups is 1. The molecule has 0 aliphatic heterocycles.